The Morgan fingerprint density at radius 1 is 1.04 bits per heavy atom. The van der Waals surface area contributed by atoms with Gasteiger partial charge in [0.25, 0.3) is 11.5 Å². The average Bonchev–Trinajstić information content (AvgIpc) is 2.42. The highest BCUT2D eigenvalue weighted by atomic mass is 19.4. The number of rotatable bonds is 4. The number of carbonyl (C=O) groups is 1. The number of aliphatic hydroxyl groups is 1. The van der Waals surface area contributed by atoms with E-state index in [9.17, 15) is 36.2 Å². The molecule has 0 aliphatic rings. The van der Waals surface area contributed by atoms with Crippen molar-refractivity contribution in [2.24, 2.45) is 0 Å². The number of likely N-dealkylation sites (N-methyl/N-ethyl adjacent to an activating group) is 1. The van der Waals surface area contributed by atoms with Gasteiger partial charge in [0.05, 0.1) is 0 Å². The second kappa shape index (κ2) is 6.74. The summed E-state index contributed by atoms with van der Waals surface area (Å²) < 4.78 is 82.8. The largest absolute Gasteiger partial charge is 0.483 e. The van der Waals surface area contributed by atoms with Gasteiger partial charge >= 0.3 is 12.4 Å². The Hall–Kier alpha value is -1.97. The maximum Gasteiger partial charge on any atom is 0.430 e. The summed E-state index contributed by atoms with van der Waals surface area (Å²) in [6.45, 7) is 2.01. The van der Waals surface area contributed by atoms with E-state index in [-0.39, 0.29) is 16.9 Å². The molecule has 0 saturated heterocycles. The molecular weight excluding hydrogens is 356 g/mol. The zero-order chi connectivity index (χ0) is 19.8. The van der Waals surface area contributed by atoms with Crippen LogP contribution in [-0.2, 0) is 10.4 Å². The molecule has 10 heteroatoms. The lowest BCUT2D eigenvalue weighted by Gasteiger charge is -2.33. The molecule has 1 rings (SSSR count). The van der Waals surface area contributed by atoms with Crippen LogP contribution in [0, 0.1) is 13.8 Å². The third-order valence-corrected chi connectivity index (χ3v) is 3.54. The summed E-state index contributed by atoms with van der Waals surface area (Å²) in [5.41, 5.74) is -6.52. The van der Waals surface area contributed by atoms with E-state index in [1.54, 1.807) is 0 Å². The van der Waals surface area contributed by atoms with Gasteiger partial charge in [-0.25, -0.2) is 0 Å². The van der Waals surface area contributed by atoms with Crippen molar-refractivity contribution >= 4 is 5.91 Å². The van der Waals surface area contributed by atoms with Crippen molar-refractivity contribution in [3.05, 3.63) is 28.8 Å². The van der Waals surface area contributed by atoms with Gasteiger partial charge in [-0.1, -0.05) is 0 Å². The first-order chi connectivity index (χ1) is 11.1. The van der Waals surface area contributed by atoms with Crippen LogP contribution in [0.3, 0.4) is 0 Å². The average molecular weight is 373 g/mol. The normalized spacial score (nSPS) is 12.9. The zero-order valence-electron chi connectivity index (χ0n) is 13.8. The molecule has 1 aromatic carbocycles. The molecule has 0 spiro atoms. The Labute approximate surface area is 140 Å². The lowest BCUT2D eigenvalue weighted by Crippen LogP contribution is -2.54. The lowest BCUT2D eigenvalue weighted by atomic mass is 9.89. The molecule has 0 aliphatic heterocycles. The van der Waals surface area contributed by atoms with Crippen LogP contribution >= 0.6 is 0 Å². The van der Waals surface area contributed by atoms with Gasteiger partial charge in [0.1, 0.15) is 5.75 Å². The molecule has 0 heterocycles. The molecule has 0 saturated carbocycles. The lowest BCUT2D eigenvalue weighted by molar-refractivity contribution is -0.376. The van der Waals surface area contributed by atoms with Gasteiger partial charge in [0, 0.05) is 19.7 Å². The second-order valence-electron chi connectivity index (χ2n) is 5.72. The minimum atomic E-state index is -5.96. The summed E-state index contributed by atoms with van der Waals surface area (Å²) >= 11 is 0. The molecule has 0 bridgehead atoms. The highest BCUT2D eigenvalue weighted by molar-refractivity contribution is 5.77. The van der Waals surface area contributed by atoms with E-state index < -0.39 is 36.0 Å². The molecule has 0 unspecified atom stereocenters. The SMILES string of the molecule is Cc1cc(C(O)(C(F)(F)F)C(F)(F)F)cc(C)c1OCC(=O)N(C)C. The summed E-state index contributed by atoms with van der Waals surface area (Å²) in [5, 5.41) is 9.43. The van der Waals surface area contributed by atoms with Crippen molar-refractivity contribution in [3.63, 3.8) is 0 Å². The molecule has 0 aliphatic carbocycles. The molecule has 0 aromatic heterocycles. The molecule has 4 nitrogen and oxygen atoms in total. The third kappa shape index (κ3) is 4.00. The predicted octanol–water partition coefficient (Wildman–Crippen LogP) is 3.08. The van der Waals surface area contributed by atoms with Crippen LogP contribution in [0.4, 0.5) is 26.3 Å². The fourth-order valence-electron chi connectivity index (χ4n) is 2.14. The number of hydrogen-bond donors (Lipinski definition) is 1. The standard InChI is InChI=1S/C15H17F6NO3/c1-8-5-10(13(24,14(16,17)18)15(19,20)21)6-9(2)12(8)25-7-11(23)22(3)4/h5-6,24H,7H2,1-4H3. The van der Waals surface area contributed by atoms with Crippen molar-refractivity contribution in [3.8, 4) is 5.75 Å². The molecular formula is C15H17F6NO3. The van der Waals surface area contributed by atoms with Gasteiger partial charge in [-0.05, 0) is 37.1 Å². The van der Waals surface area contributed by atoms with Gasteiger partial charge in [0.2, 0.25) is 0 Å². The number of halogens is 6. The van der Waals surface area contributed by atoms with Crippen molar-refractivity contribution in [2.75, 3.05) is 20.7 Å². The van der Waals surface area contributed by atoms with E-state index in [4.69, 9.17) is 4.74 Å². The van der Waals surface area contributed by atoms with Crippen LogP contribution in [0.25, 0.3) is 0 Å². The van der Waals surface area contributed by atoms with Gasteiger partial charge < -0.3 is 14.7 Å². The Balaban J connectivity index is 3.35. The number of ether oxygens (including phenoxy) is 1. The van der Waals surface area contributed by atoms with Gasteiger partial charge in [0.15, 0.2) is 6.61 Å². The smallest absolute Gasteiger partial charge is 0.430 e. The second-order valence-corrected chi connectivity index (χ2v) is 5.72. The van der Waals surface area contributed by atoms with Gasteiger partial charge in [-0.3, -0.25) is 4.79 Å². The first-order valence-electron chi connectivity index (χ1n) is 6.93. The van der Waals surface area contributed by atoms with E-state index in [1.165, 1.54) is 32.8 Å². The molecule has 1 amide bonds. The molecule has 0 fully saturated rings. The molecule has 25 heavy (non-hydrogen) atoms. The minimum Gasteiger partial charge on any atom is -0.483 e. The summed E-state index contributed by atoms with van der Waals surface area (Å²) in [7, 11) is 2.92. The maximum atomic E-state index is 12.9. The highest BCUT2D eigenvalue weighted by Crippen LogP contribution is 2.50. The quantitative estimate of drug-likeness (QED) is 0.826. The van der Waals surface area contributed by atoms with Gasteiger partial charge in [-0.2, -0.15) is 26.3 Å². The van der Waals surface area contributed by atoms with E-state index in [0.717, 1.165) is 0 Å². The first-order valence-corrected chi connectivity index (χ1v) is 6.93. The van der Waals surface area contributed by atoms with Crippen LogP contribution in [0.5, 0.6) is 5.75 Å². The molecule has 142 valence electrons. The van der Waals surface area contributed by atoms with Crippen molar-refractivity contribution in [2.45, 2.75) is 31.8 Å². The maximum absolute atomic E-state index is 12.9. The van der Waals surface area contributed by atoms with Crippen LogP contribution in [0.15, 0.2) is 12.1 Å². The van der Waals surface area contributed by atoms with Crippen LogP contribution < -0.4 is 4.74 Å². The minimum absolute atomic E-state index is 0.0225. The number of nitrogens with zero attached hydrogens (tertiary/aromatic N) is 1. The third-order valence-electron chi connectivity index (χ3n) is 3.54. The summed E-state index contributed by atoms with van der Waals surface area (Å²) in [6.07, 6.45) is -11.9. The molecule has 1 aromatic rings. The van der Waals surface area contributed by atoms with E-state index in [0.29, 0.717) is 12.1 Å². The van der Waals surface area contributed by atoms with E-state index in [2.05, 4.69) is 0 Å². The fraction of sp³-hybridized carbons (Fsp3) is 0.533. The summed E-state index contributed by atoms with van der Waals surface area (Å²) in [6, 6.07) is 1.09. The highest BCUT2D eigenvalue weighted by Gasteiger charge is 2.71. The first kappa shape index (κ1) is 21.1. The van der Waals surface area contributed by atoms with E-state index in [1.807, 2.05) is 0 Å². The monoisotopic (exact) mass is 373 g/mol. The van der Waals surface area contributed by atoms with Crippen LogP contribution in [-0.4, -0.2) is 49.0 Å². The Kier molecular flexibility index (Phi) is 5.68. The number of hydrogen-bond acceptors (Lipinski definition) is 3. The molecule has 0 radical (unpaired) electrons. The Bertz CT molecular complexity index is 615. The number of amides is 1. The Morgan fingerprint density at radius 3 is 1.76 bits per heavy atom. The number of alkyl halides is 6. The van der Waals surface area contributed by atoms with Crippen LogP contribution in [0.2, 0.25) is 0 Å². The Morgan fingerprint density at radius 2 is 1.44 bits per heavy atom. The predicted molar refractivity (Wildman–Crippen MR) is 76.1 cm³/mol. The summed E-state index contributed by atoms with van der Waals surface area (Å²) in [4.78, 5) is 12.7. The van der Waals surface area contributed by atoms with E-state index >= 15 is 0 Å². The number of aryl methyl sites for hydroxylation is 2. The fourth-order valence-corrected chi connectivity index (χ4v) is 2.14. The van der Waals surface area contributed by atoms with Crippen molar-refractivity contribution in [1.82, 2.24) is 4.90 Å². The van der Waals surface area contributed by atoms with Crippen molar-refractivity contribution in [1.29, 1.82) is 0 Å². The molecule has 1 N–H and O–H groups in total. The zero-order valence-corrected chi connectivity index (χ0v) is 13.8. The molecule has 0 atom stereocenters. The number of benzene rings is 1. The van der Waals surface area contributed by atoms with Crippen molar-refractivity contribution < 1.29 is 41.0 Å². The summed E-state index contributed by atoms with van der Waals surface area (Å²) in [5.74, 6) is -0.462. The number of carbonyl (C=O) groups excluding carboxylic acids is 1. The topological polar surface area (TPSA) is 49.8 Å². The van der Waals surface area contributed by atoms with Crippen LogP contribution in [0.1, 0.15) is 16.7 Å². The van der Waals surface area contributed by atoms with Gasteiger partial charge in [-0.15, -0.1) is 0 Å².